The highest BCUT2D eigenvalue weighted by molar-refractivity contribution is 5.43. The lowest BCUT2D eigenvalue weighted by atomic mass is 10.3. The van der Waals surface area contributed by atoms with Crippen molar-refractivity contribution in [3.05, 3.63) is 30.2 Å². The Morgan fingerprint density at radius 3 is 2.29 bits per heavy atom. The van der Waals surface area contributed by atoms with E-state index in [1.54, 1.807) is 18.2 Å². The first-order valence-electron chi connectivity index (χ1n) is 6.33. The summed E-state index contributed by atoms with van der Waals surface area (Å²) in [6.45, 7) is 2.51. The lowest BCUT2D eigenvalue weighted by Crippen LogP contribution is -2.04. The molecule has 0 aliphatic carbocycles. The number of hydrogen-bond acceptors (Lipinski definition) is 6. The second-order valence-corrected chi connectivity index (χ2v) is 4.03. The number of halogens is 1. The normalized spacial score (nSPS) is 10.1. The Kier molecular flexibility index (Phi) is 4.76. The molecule has 0 aliphatic heterocycles. The van der Waals surface area contributed by atoms with E-state index in [2.05, 4.69) is 15.3 Å². The van der Waals surface area contributed by atoms with Crippen LogP contribution in [0.5, 0.6) is 23.1 Å². The van der Waals surface area contributed by atoms with Crippen LogP contribution in [-0.2, 0) is 0 Å². The molecule has 1 aromatic carbocycles. The van der Waals surface area contributed by atoms with E-state index in [1.165, 1.54) is 14.2 Å². The zero-order chi connectivity index (χ0) is 15.2. The van der Waals surface area contributed by atoms with Crippen LogP contribution in [0.3, 0.4) is 0 Å². The van der Waals surface area contributed by atoms with Crippen molar-refractivity contribution in [3.63, 3.8) is 0 Å². The van der Waals surface area contributed by atoms with Gasteiger partial charge in [0.25, 0.3) is 5.88 Å². The van der Waals surface area contributed by atoms with Crippen LogP contribution in [0, 0.1) is 5.82 Å². The van der Waals surface area contributed by atoms with Gasteiger partial charge in [-0.15, -0.1) is 0 Å². The number of ether oxygens (including phenoxy) is 3. The molecule has 0 amide bonds. The lowest BCUT2D eigenvalue weighted by Gasteiger charge is -2.10. The molecule has 7 heteroatoms. The fourth-order valence-electron chi connectivity index (χ4n) is 1.62. The Hall–Kier alpha value is -2.57. The maximum Gasteiger partial charge on any atom is 0.260 e. The molecular weight excluding hydrogens is 277 g/mol. The molecule has 0 spiro atoms. The van der Waals surface area contributed by atoms with Gasteiger partial charge in [-0.2, -0.15) is 9.37 Å². The standard InChI is InChI=1S/C14H16FN3O3/c1-4-16-14-17-8-12(15)13(18-14)21-11-6-9(19-2)5-10(7-11)20-3/h5-8H,4H2,1-3H3,(H,16,17,18). The molecule has 0 fully saturated rings. The number of nitrogens with zero attached hydrogens (tertiary/aromatic N) is 2. The number of methoxy groups -OCH3 is 2. The third kappa shape index (κ3) is 3.71. The average Bonchev–Trinajstić information content (AvgIpc) is 2.50. The Morgan fingerprint density at radius 1 is 1.10 bits per heavy atom. The minimum Gasteiger partial charge on any atom is -0.496 e. The summed E-state index contributed by atoms with van der Waals surface area (Å²) in [6, 6.07) is 4.90. The van der Waals surface area contributed by atoms with Crippen LogP contribution in [0.1, 0.15) is 6.92 Å². The topological polar surface area (TPSA) is 65.5 Å². The summed E-state index contributed by atoms with van der Waals surface area (Å²) < 4.78 is 29.4. The van der Waals surface area contributed by atoms with Gasteiger partial charge in [-0.3, -0.25) is 0 Å². The van der Waals surface area contributed by atoms with E-state index in [1.807, 2.05) is 6.92 Å². The van der Waals surface area contributed by atoms with E-state index in [9.17, 15) is 4.39 Å². The predicted octanol–water partition coefficient (Wildman–Crippen LogP) is 2.86. The molecule has 112 valence electrons. The van der Waals surface area contributed by atoms with Gasteiger partial charge in [0.05, 0.1) is 20.4 Å². The number of hydrogen-bond donors (Lipinski definition) is 1. The van der Waals surface area contributed by atoms with Gasteiger partial charge in [0.1, 0.15) is 17.2 Å². The molecule has 0 saturated heterocycles. The van der Waals surface area contributed by atoms with Crippen LogP contribution >= 0.6 is 0 Å². The minimum atomic E-state index is -0.654. The van der Waals surface area contributed by atoms with Crippen molar-refractivity contribution >= 4 is 5.95 Å². The van der Waals surface area contributed by atoms with Crippen LogP contribution in [-0.4, -0.2) is 30.7 Å². The summed E-state index contributed by atoms with van der Waals surface area (Å²) in [6.07, 6.45) is 1.05. The number of anilines is 1. The SMILES string of the molecule is CCNc1ncc(F)c(Oc2cc(OC)cc(OC)c2)n1. The lowest BCUT2D eigenvalue weighted by molar-refractivity contribution is 0.379. The molecule has 0 unspecified atom stereocenters. The maximum absolute atomic E-state index is 13.7. The summed E-state index contributed by atoms with van der Waals surface area (Å²) in [5, 5.41) is 2.89. The van der Waals surface area contributed by atoms with E-state index < -0.39 is 5.82 Å². The van der Waals surface area contributed by atoms with Crippen LogP contribution < -0.4 is 19.5 Å². The van der Waals surface area contributed by atoms with E-state index >= 15 is 0 Å². The maximum atomic E-state index is 13.7. The van der Waals surface area contributed by atoms with Gasteiger partial charge in [-0.1, -0.05) is 0 Å². The van der Waals surface area contributed by atoms with Crippen LogP contribution in [0.25, 0.3) is 0 Å². The Morgan fingerprint density at radius 2 is 1.71 bits per heavy atom. The Labute approximate surface area is 121 Å². The molecule has 21 heavy (non-hydrogen) atoms. The summed E-state index contributed by atoms with van der Waals surface area (Å²) in [7, 11) is 3.04. The van der Waals surface area contributed by atoms with Crippen LogP contribution in [0.4, 0.5) is 10.3 Å². The molecule has 1 aromatic heterocycles. The average molecular weight is 293 g/mol. The second kappa shape index (κ2) is 6.74. The third-order valence-electron chi connectivity index (χ3n) is 2.59. The smallest absolute Gasteiger partial charge is 0.260 e. The van der Waals surface area contributed by atoms with Gasteiger partial charge in [0, 0.05) is 24.7 Å². The van der Waals surface area contributed by atoms with E-state index in [0.29, 0.717) is 29.7 Å². The monoisotopic (exact) mass is 293 g/mol. The van der Waals surface area contributed by atoms with Crippen molar-refractivity contribution < 1.29 is 18.6 Å². The molecule has 0 saturated carbocycles. The van der Waals surface area contributed by atoms with E-state index in [-0.39, 0.29) is 5.88 Å². The van der Waals surface area contributed by atoms with Crippen LogP contribution in [0.15, 0.2) is 24.4 Å². The third-order valence-corrected chi connectivity index (χ3v) is 2.59. The molecule has 2 aromatic rings. The molecule has 0 bridgehead atoms. The first-order chi connectivity index (χ1) is 10.2. The minimum absolute atomic E-state index is 0.170. The van der Waals surface area contributed by atoms with Crippen molar-refractivity contribution in [3.8, 4) is 23.1 Å². The van der Waals surface area contributed by atoms with Gasteiger partial charge in [0.2, 0.25) is 11.8 Å². The summed E-state index contributed by atoms with van der Waals surface area (Å²) in [5.41, 5.74) is 0. The highest BCUT2D eigenvalue weighted by atomic mass is 19.1. The quantitative estimate of drug-likeness (QED) is 0.883. The number of aromatic nitrogens is 2. The second-order valence-electron chi connectivity index (χ2n) is 4.03. The predicted molar refractivity (Wildman–Crippen MR) is 75.8 cm³/mol. The molecule has 2 rings (SSSR count). The van der Waals surface area contributed by atoms with Gasteiger partial charge in [0.15, 0.2) is 0 Å². The van der Waals surface area contributed by atoms with Crippen molar-refractivity contribution in [2.75, 3.05) is 26.1 Å². The van der Waals surface area contributed by atoms with Crippen LogP contribution in [0.2, 0.25) is 0 Å². The van der Waals surface area contributed by atoms with Gasteiger partial charge < -0.3 is 19.5 Å². The molecule has 0 radical (unpaired) electrons. The summed E-state index contributed by atoms with van der Waals surface area (Å²) in [4.78, 5) is 7.78. The van der Waals surface area contributed by atoms with Gasteiger partial charge in [-0.05, 0) is 6.92 Å². The first-order valence-corrected chi connectivity index (χ1v) is 6.33. The van der Waals surface area contributed by atoms with Crippen molar-refractivity contribution in [1.82, 2.24) is 9.97 Å². The van der Waals surface area contributed by atoms with E-state index in [4.69, 9.17) is 14.2 Å². The number of benzene rings is 1. The van der Waals surface area contributed by atoms with Gasteiger partial charge >= 0.3 is 0 Å². The van der Waals surface area contributed by atoms with E-state index in [0.717, 1.165) is 6.20 Å². The number of nitrogens with one attached hydrogen (secondary N) is 1. The van der Waals surface area contributed by atoms with Crippen molar-refractivity contribution in [1.29, 1.82) is 0 Å². The zero-order valence-electron chi connectivity index (χ0n) is 12.0. The fourth-order valence-corrected chi connectivity index (χ4v) is 1.62. The molecule has 0 atom stereocenters. The molecule has 1 heterocycles. The highest BCUT2D eigenvalue weighted by Gasteiger charge is 2.11. The molecule has 6 nitrogen and oxygen atoms in total. The Bertz CT molecular complexity index is 600. The summed E-state index contributed by atoms with van der Waals surface area (Å²) >= 11 is 0. The fraction of sp³-hybridized carbons (Fsp3) is 0.286. The summed E-state index contributed by atoms with van der Waals surface area (Å²) in [5.74, 6) is 0.890. The Balaban J connectivity index is 2.30. The first kappa shape index (κ1) is 14.8. The van der Waals surface area contributed by atoms with Crippen molar-refractivity contribution in [2.24, 2.45) is 0 Å². The van der Waals surface area contributed by atoms with Crippen molar-refractivity contribution in [2.45, 2.75) is 6.92 Å². The largest absolute Gasteiger partial charge is 0.496 e. The molecule has 0 aliphatic rings. The number of rotatable bonds is 6. The van der Waals surface area contributed by atoms with Gasteiger partial charge in [-0.25, -0.2) is 4.98 Å². The highest BCUT2D eigenvalue weighted by Crippen LogP contribution is 2.31. The molecule has 1 N–H and O–H groups in total. The zero-order valence-corrected chi connectivity index (χ0v) is 12.0. The molecular formula is C14H16FN3O3.